The number of hydrogen-bond acceptors (Lipinski definition) is 3. The average Bonchev–Trinajstić information content (AvgIpc) is 3.13. The first-order chi connectivity index (χ1) is 9.78. The number of nitrogens with zero attached hydrogens (tertiary/aromatic N) is 3. The summed E-state index contributed by atoms with van der Waals surface area (Å²) in [6.07, 6.45) is 4.75. The Labute approximate surface area is 118 Å². The highest BCUT2D eigenvalue weighted by molar-refractivity contribution is 6.00. The van der Waals surface area contributed by atoms with Gasteiger partial charge in [-0.1, -0.05) is 17.3 Å². The second-order valence-corrected chi connectivity index (χ2v) is 5.32. The Morgan fingerprint density at radius 2 is 2.00 bits per heavy atom. The highest BCUT2D eigenvalue weighted by atomic mass is 16.4. The van der Waals surface area contributed by atoms with E-state index >= 15 is 0 Å². The van der Waals surface area contributed by atoms with Gasteiger partial charge >= 0.3 is 0 Å². The average molecular weight is 272 g/mol. The van der Waals surface area contributed by atoms with Crippen molar-refractivity contribution in [2.45, 2.75) is 19.4 Å². The second kappa shape index (κ2) is 5.54. The van der Waals surface area contributed by atoms with Gasteiger partial charge in [-0.25, -0.2) is 0 Å². The Hall–Kier alpha value is -2.01. The molecule has 1 aromatic heterocycles. The van der Waals surface area contributed by atoms with Crippen LogP contribution in [0.3, 0.4) is 0 Å². The number of amidine groups is 1. The molecule has 5 nitrogen and oxygen atoms in total. The SMILES string of the molecule is N/C(=N/O)c1ccc2ccn(CCN3CCCC3)c2c1. The molecule has 1 saturated heterocycles. The third-order valence-electron chi connectivity index (χ3n) is 4.03. The van der Waals surface area contributed by atoms with Crippen molar-refractivity contribution in [1.29, 1.82) is 0 Å². The van der Waals surface area contributed by atoms with Crippen LogP contribution in [-0.4, -0.2) is 40.1 Å². The number of likely N-dealkylation sites (tertiary alicyclic amines) is 1. The lowest BCUT2D eigenvalue weighted by molar-refractivity contribution is 0.318. The number of fused-ring (bicyclic) bond motifs is 1. The fraction of sp³-hybridized carbons (Fsp3) is 0.400. The molecule has 0 saturated carbocycles. The summed E-state index contributed by atoms with van der Waals surface area (Å²) in [5, 5.41) is 13.0. The van der Waals surface area contributed by atoms with Gasteiger partial charge in [0.2, 0.25) is 0 Å². The minimum absolute atomic E-state index is 0.152. The van der Waals surface area contributed by atoms with Gasteiger partial charge in [0.15, 0.2) is 5.84 Å². The molecule has 0 aliphatic carbocycles. The summed E-state index contributed by atoms with van der Waals surface area (Å²) in [7, 11) is 0. The Balaban J connectivity index is 1.83. The number of benzene rings is 1. The highest BCUT2D eigenvalue weighted by Crippen LogP contribution is 2.18. The molecule has 1 aliphatic rings. The van der Waals surface area contributed by atoms with Crippen LogP contribution in [0.2, 0.25) is 0 Å². The molecular formula is C15H20N4O. The zero-order valence-corrected chi connectivity index (χ0v) is 11.5. The summed E-state index contributed by atoms with van der Waals surface area (Å²) < 4.78 is 2.24. The van der Waals surface area contributed by atoms with Crippen LogP contribution >= 0.6 is 0 Å². The van der Waals surface area contributed by atoms with Crippen LogP contribution in [0.1, 0.15) is 18.4 Å². The minimum Gasteiger partial charge on any atom is -0.409 e. The van der Waals surface area contributed by atoms with Gasteiger partial charge in [-0.3, -0.25) is 0 Å². The Morgan fingerprint density at radius 1 is 1.20 bits per heavy atom. The van der Waals surface area contributed by atoms with Crippen molar-refractivity contribution in [2.75, 3.05) is 19.6 Å². The van der Waals surface area contributed by atoms with Crippen molar-refractivity contribution < 1.29 is 5.21 Å². The molecule has 0 amide bonds. The van der Waals surface area contributed by atoms with E-state index in [0.29, 0.717) is 0 Å². The van der Waals surface area contributed by atoms with E-state index in [1.807, 2.05) is 18.2 Å². The third-order valence-corrected chi connectivity index (χ3v) is 4.03. The summed E-state index contributed by atoms with van der Waals surface area (Å²) >= 11 is 0. The van der Waals surface area contributed by atoms with Crippen LogP contribution in [0.5, 0.6) is 0 Å². The van der Waals surface area contributed by atoms with Gasteiger partial charge < -0.3 is 20.4 Å². The van der Waals surface area contributed by atoms with Crippen LogP contribution in [0.4, 0.5) is 0 Å². The Kier molecular flexibility index (Phi) is 3.60. The number of hydrogen-bond donors (Lipinski definition) is 2. The number of nitrogens with two attached hydrogens (primary N) is 1. The normalized spacial score (nSPS) is 17.1. The maximum atomic E-state index is 8.78. The molecule has 1 aliphatic heterocycles. The van der Waals surface area contributed by atoms with Crippen molar-refractivity contribution in [3.05, 3.63) is 36.0 Å². The van der Waals surface area contributed by atoms with Crippen LogP contribution < -0.4 is 5.73 Å². The predicted octanol–water partition coefficient (Wildman–Crippen LogP) is 1.83. The molecule has 3 rings (SSSR count). The molecule has 0 unspecified atom stereocenters. The van der Waals surface area contributed by atoms with Crippen molar-refractivity contribution in [3.63, 3.8) is 0 Å². The van der Waals surface area contributed by atoms with E-state index < -0.39 is 0 Å². The van der Waals surface area contributed by atoms with Crippen molar-refractivity contribution in [1.82, 2.24) is 9.47 Å². The maximum absolute atomic E-state index is 8.78. The molecule has 1 fully saturated rings. The van der Waals surface area contributed by atoms with Gasteiger partial charge in [0.05, 0.1) is 0 Å². The molecule has 0 radical (unpaired) electrons. The molecule has 1 aromatic carbocycles. The highest BCUT2D eigenvalue weighted by Gasteiger charge is 2.11. The minimum atomic E-state index is 0.152. The molecule has 5 heteroatoms. The molecule has 2 aromatic rings. The molecule has 0 atom stereocenters. The molecule has 3 N–H and O–H groups in total. The van der Waals surface area contributed by atoms with Gasteiger partial charge in [0.1, 0.15) is 0 Å². The van der Waals surface area contributed by atoms with Gasteiger partial charge in [-0.15, -0.1) is 0 Å². The fourth-order valence-corrected chi connectivity index (χ4v) is 2.85. The molecule has 2 heterocycles. The molecular weight excluding hydrogens is 252 g/mol. The Bertz CT molecular complexity index is 626. The first-order valence-corrected chi connectivity index (χ1v) is 7.07. The first-order valence-electron chi connectivity index (χ1n) is 7.07. The van der Waals surface area contributed by atoms with Gasteiger partial charge in [0.25, 0.3) is 0 Å². The summed E-state index contributed by atoms with van der Waals surface area (Å²) in [6.45, 7) is 4.49. The van der Waals surface area contributed by atoms with E-state index in [1.54, 1.807) is 0 Å². The van der Waals surface area contributed by atoms with E-state index in [-0.39, 0.29) is 5.84 Å². The summed E-state index contributed by atoms with van der Waals surface area (Å²) in [5.41, 5.74) is 7.54. The van der Waals surface area contributed by atoms with Crippen LogP contribution in [0.25, 0.3) is 10.9 Å². The van der Waals surface area contributed by atoms with E-state index in [4.69, 9.17) is 10.9 Å². The van der Waals surface area contributed by atoms with E-state index in [0.717, 1.165) is 24.2 Å². The van der Waals surface area contributed by atoms with E-state index in [2.05, 4.69) is 26.9 Å². The van der Waals surface area contributed by atoms with Crippen molar-refractivity contribution in [2.24, 2.45) is 10.9 Å². The lowest BCUT2D eigenvalue weighted by Crippen LogP contribution is -2.23. The largest absolute Gasteiger partial charge is 0.409 e. The van der Waals surface area contributed by atoms with Gasteiger partial charge in [-0.05, 0) is 43.5 Å². The van der Waals surface area contributed by atoms with Crippen LogP contribution in [-0.2, 0) is 6.54 Å². The van der Waals surface area contributed by atoms with Gasteiger partial charge in [0, 0.05) is 30.4 Å². The molecule has 106 valence electrons. The molecule has 0 spiro atoms. The summed E-state index contributed by atoms with van der Waals surface area (Å²) in [5.74, 6) is 0.152. The number of oxime groups is 1. The van der Waals surface area contributed by atoms with E-state index in [9.17, 15) is 0 Å². The monoisotopic (exact) mass is 272 g/mol. The van der Waals surface area contributed by atoms with Crippen LogP contribution in [0.15, 0.2) is 35.6 Å². The maximum Gasteiger partial charge on any atom is 0.170 e. The zero-order valence-electron chi connectivity index (χ0n) is 11.5. The quantitative estimate of drug-likeness (QED) is 0.386. The number of rotatable bonds is 4. The number of aromatic nitrogens is 1. The summed E-state index contributed by atoms with van der Waals surface area (Å²) in [6, 6.07) is 7.97. The topological polar surface area (TPSA) is 66.8 Å². The Morgan fingerprint density at radius 3 is 2.75 bits per heavy atom. The third kappa shape index (κ3) is 2.49. The molecule has 0 bridgehead atoms. The lowest BCUT2D eigenvalue weighted by atomic mass is 10.1. The zero-order chi connectivity index (χ0) is 13.9. The first kappa shape index (κ1) is 13.0. The predicted molar refractivity (Wildman–Crippen MR) is 80.1 cm³/mol. The summed E-state index contributed by atoms with van der Waals surface area (Å²) in [4.78, 5) is 2.50. The van der Waals surface area contributed by atoms with Crippen molar-refractivity contribution >= 4 is 16.7 Å². The van der Waals surface area contributed by atoms with E-state index in [1.165, 1.54) is 31.3 Å². The van der Waals surface area contributed by atoms with Crippen LogP contribution in [0, 0.1) is 0 Å². The lowest BCUT2D eigenvalue weighted by Gasteiger charge is -2.15. The smallest absolute Gasteiger partial charge is 0.170 e. The van der Waals surface area contributed by atoms with Crippen molar-refractivity contribution in [3.8, 4) is 0 Å². The fourth-order valence-electron chi connectivity index (χ4n) is 2.85. The second-order valence-electron chi connectivity index (χ2n) is 5.32. The standard InChI is InChI=1S/C15H20N4O/c16-15(17-20)13-4-3-12-5-8-19(14(12)11-13)10-9-18-6-1-2-7-18/h3-5,8,11,20H,1-2,6-7,9-10H2,(H2,16,17). The molecule has 20 heavy (non-hydrogen) atoms. The van der Waals surface area contributed by atoms with Gasteiger partial charge in [-0.2, -0.15) is 0 Å².